The van der Waals surface area contributed by atoms with Gasteiger partial charge in [0.25, 0.3) is 0 Å². The highest BCUT2D eigenvalue weighted by atomic mass is 16.3. The van der Waals surface area contributed by atoms with Crippen LogP contribution in [0.1, 0.15) is 44.6 Å². The summed E-state index contributed by atoms with van der Waals surface area (Å²) in [5, 5.41) is 22.6. The molecule has 3 heteroatoms. The van der Waals surface area contributed by atoms with Crippen molar-refractivity contribution in [3.05, 3.63) is 29.8 Å². The van der Waals surface area contributed by atoms with Crippen molar-refractivity contribution in [2.45, 2.75) is 50.6 Å². The van der Waals surface area contributed by atoms with Crippen molar-refractivity contribution >= 4 is 0 Å². The maximum absolute atomic E-state index is 9.71. The number of rotatable bonds is 4. The fraction of sp³-hybridized carbons (Fsp3) is 0.600. The number of hydrogen-bond acceptors (Lipinski definition) is 3. The molecule has 3 N–H and O–H groups in total. The van der Waals surface area contributed by atoms with Gasteiger partial charge in [0.05, 0.1) is 12.1 Å². The first kappa shape index (κ1) is 13.4. The zero-order valence-corrected chi connectivity index (χ0v) is 11.0. The number of benzene rings is 1. The highest BCUT2D eigenvalue weighted by Crippen LogP contribution is 2.26. The van der Waals surface area contributed by atoms with Gasteiger partial charge in [0.15, 0.2) is 0 Å². The largest absolute Gasteiger partial charge is 0.508 e. The van der Waals surface area contributed by atoms with Crippen molar-refractivity contribution in [3.63, 3.8) is 0 Å². The molecule has 1 atom stereocenters. The molecule has 0 aliphatic heterocycles. The van der Waals surface area contributed by atoms with E-state index in [1.165, 1.54) is 32.1 Å². The predicted molar refractivity (Wildman–Crippen MR) is 72.6 cm³/mol. The first-order valence-electron chi connectivity index (χ1n) is 6.82. The number of aliphatic hydroxyl groups excluding tert-OH is 1. The summed E-state index contributed by atoms with van der Waals surface area (Å²) in [6.45, 7) is 2.09. The second-order valence-corrected chi connectivity index (χ2v) is 5.52. The second kappa shape index (κ2) is 5.72. The number of aromatic hydroxyl groups is 1. The lowest BCUT2D eigenvalue weighted by Crippen LogP contribution is -2.49. The van der Waals surface area contributed by atoms with Crippen molar-refractivity contribution in [3.8, 4) is 5.75 Å². The topological polar surface area (TPSA) is 52.5 Å². The van der Waals surface area contributed by atoms with Gasteiger partial charge in [-0.3, -0.25) is 0 Å². The summed E-state index contributed by atoms with van der Waals surface area (Å²) in [7, 11) is 0. The van der Waals surface area contributed by atoms with E-state index in [2.05, 4.69) is 5.32 Å². The summed E-state index contributed by atoms with van der Waals surface area (Å²) in [6.07, 6.45) is 6.25. The number of phenolic OH excluding ortho intramolecular Hbond substituents is 1. The number of phenols is 1. The van der Waals surface area contributed by atoms with Crippen LogP contribution in [0.3, 0.4) is 0 Å². The van der Waals surface area contributed by atoms with Gasteiger partial charge >= 0.3 is 0 Å². The molecule has 0 saturated heterocycles. The molecule has 1 aromatic carbocycles. The average Bonchev–Trinajstić information content (AvgIpc) is 2.40. The van der Waals surface area contributed by atoms with Crippen LogP contribution in [-0.4, -0.2) is 22.9 Å². The molecule has 0 heterocycles. The van der Waals surface area contributed by atoms with Crippen molar-refractivity contribution in [1.82, 2.24) is 5.32 Å². The van der Waals surface area contributed by atoms with E-state index < -0.39 is 5.54 Å². The molecule has 3 nitrogen and oxygen atoms in total. The highest BCUT2D eigenvalue weighted by Gasteiger charge is 2.29. The summed E-state index contributed by atoms with van der Waals surface area (Å²) >= 11 is 0. The fourth-order valence-corrected chi connectivity index (χ4v) is 2.75. The minimum absolute atomic E-state index is 0.0638. The molecule has 100 valence electrons. The SMILES string of the molecule is CC(CO)(NC1CCCCC1)c1ccc(O)cc1. The van der Waals surface area contributed by atoms with E-state index in [1.807, 2.05) is 19.1 Å². The van der Waals surface area contributed by atoms with Gasteiger partial charge in [-0.1, -0.05) is 31.4 Å². The van der Waals surface area contributed by atoms with E-state index in [1.54, 1.807) is 12.1 Å². The third-order valence-corrected chi connectivity index (χ3v) is 3.95. The molecule has 1 fully saturated rings. The molecular formula is C15H23NO2. The minimum atomic E-state index is -0.421. The lowest BCUT2D eigenvalue weighted by molar-refractivity contribution is 0.150. The Bertz CT molecular complexity index is 371. The summed E-state index contributed by atoms with van der Waals surface area (Å²) in [4.78, 5) is 0. The lowest BCUT2D eigenvalue weighted by Gasteiger charge is -2.36. The predicted octanol–water partition coefficient (Wildman–Crippen LogP) is 2.52. The molecule has 1 aliphatic rings. The number of nitrogens with one attached hydrogen (secondary N) is 1. The van der Waals surface area contributed by atoms with Gasteiger partial charge in [-0.05, 0) is 37.5 Å². The van der Waals surface area contributed by atoms with Crippen LogP contribution >= 0.6 is 0 Å². The molecule has 0 spiro atoms. The molecule has 1 aliphatic carbocycles. The van der Waals surface area contributed by atoms with Gasteiger partial charge in [-0.2, -0.15) is 0 Å². The Kier molecular flexibility index (Phi) is 4.25. The molecule has 1 saturated carbocycles. The van der Waals surface area contributed by atoms with Gasteiger partial charge in [-0.15, -0.1) is 0 Å². The van der Waals surface area contributed by atoms with Crippen LogP contribution in [0.4, 0.5) is 0 Å². The quantitative estimate of drug-likeness (QED) is 0.768. The van der Waals surface area contributed by atoms with Crippen molar-refractivity contribution in [1.29, 1.82) is 0 Å². The fourth-order valence-electron chi connectivity index (χ4n) is 2.75. The normalized spacial score (nSPS) is 20.6. The Morgan fingerprint density at radius 2 is 1.78 bits per heavy atom. The zero-order chi connectivity index (χ0) is 13.0. The molecule has 2 rings (SSSR count). The summed E-state index contributed by atoms with van der Waals surface area (Å²) < 4.78 is 0. The van der Waals surface area contributed by atoms with Crippen LogP contribution in [-0.2, 0) is 5.54 Å². The maximum atomic E-state index is 9.71. The van der Waals surface area contributed by atoms with Gasteiger partial charge in [0, 0.05) is 6.04 Å². The van der Waals surface area contributed by atoms with Gasteiger partial charge < -0.3 is 15.5 Å². The molecular weight excluding hydrogens is 226 g/mol. The van der Waals surface area contributed by atoms with Gasteiger partial charge in [0.2, 0.25) is 0 Å². The Morgan fingerprint density at radius 1 is 1.17 bits per heavy atom. The first-order chi connectivity index (χ1) is 8.64. The standard InChI is InChI=1S/C15H23NO2/c1-15(11-17,12-7-9-14(18)10-8-12)16-13-5-3-2-4-6-13/h7-10,13,16-18H,2-6,11H2,1H3. The molecule has 0 radical (unpaired) electrons. The zero-order valence-electron chi connectivity index (χ0n) is 11.0. The smallest absolute Gasteiger partial charge is 0.115 e. The Balaban J connectivity index is 2.10. The number of aliphatic hydroxyl groups is 1. The molecule has 0 bridgehead atoms. The highest BCUT2D eigenvalue weighted by molar-refractivity contribution is 5.31. The molecule has 0 amide bonds. The molecule has 18 heavy (non-hydrogen) atoms. The van der Waals surface area contributed by atoms with E-state index in [4.69, 9.17) is 0 Å². The van der Waals surface area contributed by atoms with Crippen LogP contribution in [0.25, 0.3) is 0 Å². The summed E-state index contributed by atoms with van der Waals surface area (Å²) in [5.74, 6) is 0.261. The van der Waals surface area contributed by atoms with Crippen LogP contribution in [0.2, 0.25) is 0 Å². The second-order valence-electron chi connectivity index (χ2n) is 5.52. The van der Waals surface area contributed by atoms with Crippen LogP contribution in [0, 0.1) is 0 Å². The Morgan fingerprint density at radius 3 is 2.33 bits per heavy atom. The van der Waals surface area contributed by atoms with Crippen molar-refractivity contribution in [2.24, 2.45) is 0 Å². The Hall–Kier alpha value is -1.06. The third kappa shape index (κ3) is 3.03. The van der Waals surface area contributed by atoms with Crippen LogP contribution in [0.5, 0.6) is 5.75 Å². The van der Waals surface area contributed by atoms with Gasteiger partial charge in [-0.25, -0.2) is 0 Å². The first-order valence-corrected chi connectivity index (χ1v) is 6.82. The van der Waals surface area contributed by atoms with E-state index in [0.717, 1.165) is 5.56 Å². The van der Waals surface area contributed by atoms with Crippen molar-refractivity contribution < 1.29 is 10.2 Å². The van der Waals surface area contributed by atoms with E-state index in [-0.39, 0.29) is 12.4 Å². The third-order valence-electron chi connectivity index (χ3n) is 3.95. The Labute approximate surface area is 109 Å². The van der Waals surface area contributed by atoms with Crippen LogP contribution in [0.15, 0.2) is 24.3 Å². The summed E-state index contributed by atoms with van der Waals surface area (Å²) in [5.41, 5.74) is 0.601. The van der Waals surface area contributed by atoms with E-state index in [9.17, 15) is 10.2 Å². The lowest BCUT2D eigenvalue weighted by atomic mass is 9.88. The minimum Gasteiger partial charge on any atom is -0.508 e. The molecule has 0 aromatic heterocycles. The molecule has 1 aromatic rings. The van der Waals surface area contributed by atoms with Crippen LogP contribution < -0.4 is 5.32 Å². The van der Waals surface area contributed by atoms with Gasteiger partial charge in [0.1, 0.15) is 5.75 Å². The number of hydrogen-bond donors (Lipinski definition) is 3. The maximum Gasteiger partial charge on any atom is 0.115 e. The van der Waals surface area contributed by atoms with Crippen molar-refractivity contribution in [2.75, 3.05) is 6.61 Å². The average molecular weight is 249 g/mol. The monoisotopic (exact) mass is 249 g/mol. The van der Waals surface area contributed by atoms with E-state index in [0.29, 0.717) is 6.04 Å². The van der Waals surface area contributed by atoms with E-state index >= 15 is 0 Å². The molecule has 1 unspecified atom stereocenters. The summed E-state index contributed by atoms with van der Waals surface area (Å²) in [6, 6.07) is 7.59.